The number of ether oxygens (including phenoxy) is 1. The molecule has 0 saturated heterocycles. The van der Waals surface area contributed by atoms with Crippen LogP contribution in [0.15, 0.2) is 42.9 Å². The zero-order valence-corrected chi connectivity index (χ0v) is 11.4. The molecule has 0 aliphatic heterocycles. The number of nitrogens with one attached hydrogen (secondary N) is 1. The third-order valence-electron chi connectivity index (χ3n) is 2.68. The van der Waals surface area contributed by atoms with E-state index in [1.54, 1.807) is 18.6 Å². The Morgan fingerprint density at radius 1 is 1.25 bits per heavy atom. The van der Waals surface area contributed by atoms with Gasteiger partial charge in [0.2, 0.25) is 5.91 Å². The number of hydrogen-bond donors (Lipinski definition) is 1. The molecule has 2 aromatic rings. The van der Waals surface area contributed by atoms with Gasteiger partial charge in [0.05, 0.1) is 31.5 Å². The first-order chi connectivity index (χ1) is 9.78. The van der Waals surface area contributed by atoms with Gasteiger partial charge in [-0.3, -0.25) is 14.8 Å². The van der Waals surface area contributed by atoms with Gasteiger partial charge in [-0.15, -0.1) is 0 Å². The second-order valence-electron chi connectivity index (χ2n) is 4.23. The summed E-state index contributed by atoms with van der Waals surface area (Å²) in [6.45, 7) is 2.97. The van der Waals surface area contributed by atoms with Crippen molar-refractivity contribution in [3.8, 4) is 5.75 Å². The third kappa shape index (κ3) is 4.35. The van der Waals surface area contributed by atoms with E-state index in [1.807, 2.05) is 31.2 Å². The van der Waals surface area contributed by atoms with Crippen molar-refractivity contribution in [3.63, 3.8) is 0 Å². The number of hydrogen-bond acceptors (Lipinski definition) is 4. The van der Waals surface area contributed by atoms with E-state index in [2.05, 4.69) is 15.3 Å². The van der Waals surface area contributed by atoms with Crippen molar-refractivity contribution in [3.05, 3.63) is 54.1 Å². The Kier molecular flexibility index (Phi) is 5.06. The highest BCUT2D eigenvalue weighted by Crippen LogP contribution is 2.12. The summed E-state index contributed by atoms with van der Waals surface area (Å²) in [6, 6.07) is 7.53. The first-order valence-corrected chi connectivity index (χ1v) is 6.51. The highest BCUT2D eigenvalue weighted by Gasteiger charge is 2.04. The number of rotatable bonds is 6. The first-order valence-electron chi connectivity index (χ1n) is 6.51. The van der Waals surface area contributed by atoms with Crippen molar-refractivity contribution in [2.45, 2.75) is 19.9 Å². The van der Waals surface area contributed by atoms with Crippen LogP contribution in [0.5, 0.6) is 5.75 Å². The monoisotopic (exact) mass is 271 g/mol. The Morgan fingerprint density at radius 2 is 2.05 bits per heavy atom. The van der Waals surface area contributed by atoms with Crippen LogP contribution in [0.2, 0.25) is 0 Å². The zero-order valence-electron chi connectivity index (χ0n) is 11.4. The predicted molar refractivity (Wildman–Crippen MR) is 75.2 cm³/mol. The van der Waals surface area contributed by atoms with Crippen LogP contribution in [-0.4, -0.2) is 22.5 Å². The van der Waals surface area contributed by atoms with Gasteiger partial charge in [0.1, 0.15) is 5.75 Å². The van der Waals surface area contributed by atoms with Gasteiger partial charge in [-0.1, -0.05) is 12.1 Å². The van der Waals surface area contributed by atoms with E-state index in [0.717, 1.165) is 17.0 Å². The molecule has 0 saturated carbocycles. The van der Waals surface area contributed by atoms with Crippen LogP contribution in [0.1, 0.15) is 18.2 Å². The van der Waals surface area contributed by atoms with Gasteiger partial charge in [0.25, 0.3) is 0 Å². The lowest BCUT2D eigenvalue weighted by molar-refractivity contribution is -0.120. The van der Waals surface area contributed by atoms with Crippen LogP contribution < -0.4 is 10.1 Å². The molecule has 0 aliphatic rings. The second-order valence-corrected chi connectivity index (χ2v) is 4.23. The van der Waals surface area contributed by atoms with Crippen LogP contribution in [-0.2, 0) is 17.8 Å². The van der Waals surface area contributed by atoms with Crippen LogP contribution in [0.25, 0.3) is 0 Å². The van der Waals surface area contributed by atoms with Crippen molar-refractivity contribution in [2.24, 2.45) is 0 Å². The van der Waals surface area contributed by atoms with Crippen LogP contribution in [0, 0.1) is 0 Å². The van der Waals surface area contributed by atoms with E-state index in [-0.39, 0.29) is 5.91 Å². The molecule has 0 spiro atoms. The van der Waals surface area contributed by atoms with E-state index in [9.17, 15) is 4.79 Å². The normalized spacial score (nSPS) is 10.1. The van der Waals surface area contributed by atoms with Gasteiger partial charge in [-0.25, -0.2) is 0 Å². The molecular weight excluding hydrogens is 254 g/mol. The molecule has 1 aromatic heterocycles. The number of aromatic nitrogens is 2. The van der Waals surface area contributed by atoms with Crippen molar-refractivity contribution in [2.75, 3.05) is 6.61 Å². The number of carbonyl (C=O) groups is 1. The van der Waals surface area contributed by atoms with Gasteiger partial charge in [-0.05, 0) is 24.6 Å². The minimum atomic E-state index is -0.0418. The Balaban J connectivity index is 1.82. The number of benzene rings is 1. The fraction of sp³-hybridized carbons (Fsp3) is 0.267. The smallest absolute Gasteiger partial charge is 0.224 e. The van der Waals surface area contributed by atoms with Crippen molar-refractivity contribution < 1.29 is 9.53 Å². The molecule has 1 aromatic carbocycles. The fourth-order valence-electron chi connectivity index (χ4n) is 1.73. The summed E-state index contributed by atoms with van der Waals surface area (Å²) >= 11 is 0. The lowest BCUT2D eigenvalue weighted by atomic mass is 10.1. The first kappa shape index (κ1) is 14.0. The molecule has 0 radical (unpaired) electrons. The maximum absolute atomic E-state index is 11.8. The molecule has 0 atom stereocenters. The maximum Gasteiger partial charge on any atom is 0.224 e. The van der Waals surface area contributed by atoms with Gasteiger partial charge >= 0.3 is 0 Å². The summed E-state index contributed by atoms with van der Waals surface area (Å²) in [5.41, 5.74) is 1.69. The highest BCUT2D eigenvalue weighted by atomic mass is 16.5. The molecule has 0 unspecified atom stereocenters. The fourth-order valence-corrected chi connectivity index (χ4v) is 1.73. The summed E-state index contributed by atoms with van der Waals surface area (Å²) in [5.74, 6) is 0.774. The number of carbonyl (C=O) groups excluding carboxylic acids is 1. The minimum absolute atomic E-state index is 0.0418. The van der Waals surface area contributed by atoms with E-state index in [4.69, 9.17) is 4.74 Å². The number of nitrogens with zero attached hydrogens (tertiary/aromatic N) is 2. The van der Waals surface area contributed by atoms with Gasteiger partial charge in [0.15, 0.2) is 0 Å². The molecule has 0 bridgehead atoms. The molecular formula is C15H17N3O2. The molecule has 5 heteroatoms. The van der Waals surface area contributed by atoms with E-state index in [1.165, 1.54) is 0 Å². The Morgan fingerprint density at radius 3 is 2.70 bits per heavy atom. The van der Waals surface area contributed by atoms with E-state index in [0.29, 0.717) is 19.6 Å². The van der Waals surface area contributed by atoms with Crippen molar-refractivity contribution >= 4 is 5.91 Å². The average Bonchev–Trinajstić information content (AvgIpc) is 2.49. The molecule has 1 amide bonds. The summed E-state index contributed by atoms with van der Waals surface area (Å²) in [5, 5.41) is 2.81. The summed E-state index contributed by atoms with van der Waals surface area (Å²) in [6.07, 6.45) is 5.18. The molecule has 0 fully saturated rings. The standard InChI is InChI=1S/C15H17N3O2/c1-2-20-14-5-3-12(4-6-14)9-15(19)18-11-13-10-16-7-8-17-13/h3-8,10H,2,9,11H2,1H3,(H,18,19). The average molecular weight is 271 g/mol. The highest BCUT2D eigenvalue weighted by molar-refractivity contribution is 5.78. The molecule has 1 N–H and O–H groups in total. The van der Waals surface area contributed by atoms with Crippen LogP contribution in [0.3, 0.4) is 0 Å². The molecule has 20 heavy (non-hydrogen) atoms. The molecule has 5 nitrogen and oxygen atoms in total. The van der Waals surface area contributed by atoms with Gasteiger partial charge in [-0.2, -0.15) is 0 Å². The Bertz CT molecular complexity index is 541. The zero-order chi connectivity index (χ0) is 14.2. The Hall–Kier alpha value is -2.43. The van der Waals surface area contributed by atoms with Gasteiger partial charge in [0, 0.05) is 12.4 Å². The third-order valence-corrected chi connectivity index (χ3v) is 2.68. The largest absolute Gasteiger partial charge is 0.494 e. The molecule has 2 rings (SSSR count). The van der Waals surface area contributed by atoms with E-state index >= 15 is 0 Å². The lowest BCUT2D eigenvalue weighted by Crippen LogP contribution is -2.25. The van der Waals surface area contributed by atoms with Crippen molar-refractivity contribution in [1.82, 2.24) is 15.3 Å². The summed E-state index contributed by atoms with van der Waals surface area (Å²) in [4.78, 5) is 19.8. The molecule has 0 aliphatic carbocycles. The quantitative estimate of drug-likeness (QED) is 0.869. The number of amides is 1. The minimum Gasteiger partial charge on any atom is -0.494 e. The van der Waals surface area contributed by atoms with Crippen LogP contribution >= 0.6 is 0 Å². The summed E-state index contributed by atoms with van der Waals surface area (Å²) in [7, 11) is 0. The topological polar surface area (TPSA) is 64.1 Å². The predicted octanol–water partition coefficient (Wildman–Crippen LogP) is 1.73. The Labute approximate surface area is 118 Å². The van der Waals surface area contributed by atoms with E-state index < -0.39 is 0 Å². The second kappa shape index (κ2) is 7.23. The van der Waals surface area contributed by atoms with Crippen LogP contribution in [0.4, 0.5) is 0 Å². The van der Waals surface area contributed by atoms with Gasteiger partial charge < -0.3 is 10.1 Å². The maximum atomic E-state index is 11.8. The summed E-state index contributed by atoms with van der Waals surface area (Å²) < 4.78 is 5.36. The molecule has 1 heterocycles. The molecule has 104 valence electrons. The SMILES string of the molecule is CCOc1ccc(CC(=O)NCc2cnccn2)cc1. The van der Waals surface area contributed by atoms with Crippen molar-refractivity contribution in [1.29, 1.82) is 0 Å². The lowest BCUT2D eigenvalue weighted by Gasteiger charge is -2.06.